The number of nitrogens with zero attached hydrogens (tertiary/aromatic N) is 2. The lowest BCUT2D eigenvalue weighted by molar-refractivity contribution is -0.137. The Kier molecular flexibility index (Phi) is 6.98. The Hall–Kier alpha value is -2.60. The molecule has 1 heterocycles. The average Bonchev–Trinajstić information content (AvgIpc) is 2.72. The van der Waals surface area contributed by atoms with Crippen LogP contribution in [0.5, 0.6) is 0 Å². The molecule has 1 aliphatic rings. The normalized spacial score (nSPS) is 15.9. The summed E-state index contributed by atoms with van der Waals surface area (Å²) in [4.78, 5) is 16.3. The molecule has 30 heavy (non-hydrogen) atoms. The molecule has 0 radical (unpaired) electrons. The lowest BCUT2D eigenvalue weighted by atomic mass is 10.0. The summed E-state index contributed by atoms with van der Waals surface area (Å²) in [7, 11) is 0. The monoisotopic (exact) mass is 416 g/mol. The van der Waals surface area contributed by atoms with Crippen LogP contribution in [0.1, 0.15) is 42.0 Å². The first-order chi connectivity index (χ1) is 14.2. The van der Waals surface area contributed by atoms with E-state index >= 15 is 0 Å². The third-order valence-corrected chi connectivity index (χ3v) is 5.37. The molecule has 2 aromatic rings. The highest BCUT2D eigenvalue weighted by molar-refractivity contribution is 5.91. The van der Waals surface area contributed by atoms with E-state index in [0.717, 1.165) is 11.6 Å². The molecular formula is C24H27F3N2O. The van der Waals surface area contributed by atoms with E-state index in [-0.39, 0.29) is 5.91 Å². The van der Waals surface area contributed by atoms with Gasteiger partial charge in [0.25, 0.3) is 0 Å². The van der Waals surface area contributed by atoms with Gasteiger partial charge in [0.1, 0.15) is 0 Å². The van der Waals surface area contributed by atoms with Crippen LogP contribution in [0.3, 0.4) is 0 Å². The summed E-state index contributed by atoms with van der Waals surface area (Å²) in [5.41, 5.74) is 2.25. The number of carbonyl (C=O) groups is 1. The lowest BCUT2D eigenvalue weighted by Gasteiger charge is -2.34. The quantitative estimate of drug-likeness (QED) is 0.627. The molecule has 0 aromatic heterocycles. The largest absolute Gasteiger partial charge is 0.416 e. The minimum absolute atomic E-state index is 0.0401. The molecule has 6 heteroatoms. The molecular weight excluding hydrogens is 389 g/mol. The van der Waals surface area contributed by atoms with E-state index in [9.17, 15) is 18.0 Å². The second-order valence-electron chi connectivity index (χ2n) is 7.95. The molecule has 1 amide bonds. The molecule has 3 rings (SSSR count). The Morgan fingerprint density at radius 2 is 1.70 bits per heavy atom. The van der Waals surface area contributed by atoms with Gasteiger partial charge in [0.05, 0.1) is 5.56 Å². The number of hydrogen-bond acceptors (Lipinski definition) is 2. The fourth-order valence-corrected chi connectivity index (χ4v) is 3.50. The molecule has 3 nitrogen and oxygen atoms in total. The highest BCUT2D eigenvalue weighted by atomic mass is 19.4. The third kappa shape index (κ3) is 5.95. The molecule has 1 aliphatic heterocycles. The van der Waals surface area contributed by atoms with Gasteiger partial charge in [0.15, 0.2) is 0 Å². The molecule has 1 saturated heterocycles. The maximum absolute atomic E-state index is 12.9. The number of amides is 1. The van der Waals surface area contributed by atoms with E-state index in [1.54, 1.807) is 17.0 Å². The highest BCUT2D eigenvalue weighted by Crippen LogP contribution is 2.29. The van der Waals surface area contributed by atoms with Crippen LogP contribution in [0.2, 0.25) is 0 Å². The van der Waals surface area contributed by atoms with Crippen LogP contribution in [0, 0.1) is 0 Å². The zero-order valence-corrected chi connectivity index (χ0v) is 17.3. The summed E-state index contributed by atoms with van der Waals surface area (Å²) in [6, 6.07) is 13.6. The number of halogens is 3. The van der Waals surface area contributed by atoms with E-state index in [1.165, 1.54) is 17.7 Å². The fourth-order valence-electron chi connectivity index (χ4n) is 3.50. The molecule has 1 fully saturated rings. The van der Waals surface area contributed by atoms with Gasteiger partial charge in [-0.3, -0.25) is 9.69 Å². The molecule has 160 valence electrons. The zero-order valence-electron chi connectivity index (χ0n) is 17.3. The Balaban J connectivity index is 1.51. The Morgan fingerprint density at radius 1 is 1.03 bits per heavy atom. The highest BCUT2D eigenvalue weighted by Gasteiger charge is 2.30. The number of rotatable bonds is 5. The molecule has 0 spiro atoms. The van der Waals surface area contributed by atoms with Gasteiger partial charge >= 0.3 is 6.18 Å². The van der Waals surface area contributed by atoms with Gasteiger partial charge in [-0.25, -0.2) is 0 Å². The molecule has 0 unspecified atom stereocenters. The van der Waals surface area contributed by atoms with Gasteiger partial charge in [0, 0.05) is 38.8 Å². The number of piperazine rings is 1. The number of alkyl halides is 3. The first-order valence-electron chi connectivity index (χ1n) is 10.2. The topological polar surface area (TPSA) is 23.6 Å². The van der Waals surface area contributed by atoms with Crippen molar-refractivity contribution >= 4 is 12.0 Å². The second kappa shape index (κ2) is 9.47. The summed E-state index contributed by atoms with van der Waals surface area (Å²) < 4.78 is 38.6. The van der Waals surface area contributed by atoms with Gasteiger partial charge in [-0.1, -0.05) is 56.3 Å². The van der Waals surface area contributed by atoms with E-state index in [1.807, 2.05) is 18.2 Å². The van der Waals surface area contributed by atoms with E-state index < -0.39 is 11.7 Å². The van der Waals surface area contributed by atoms with Crippen LogP contribution in [-0.4, -0.2) is 41.9 Å². The fraction of sp³-hybridized carbons (Fsp3) is 0.375. The Morgan fingerprint density at radius 3 is 2.30 bits per heavy atom. The minimum Gasteiger partial charge on any atom is -0.337 e. The van der Waals surface area contributed by atoms with Crippen LogP contribution in [-0.2, 0) is 17.5 Å². The standard InChI is InChI=1S/C24H27F3N2O/c1-18(2)21-9-6-19(7-10-21)8-11-23(30)29-14-12-28(13-15-29)17-20-4-3-5-22(16-20)24(25,26)27/h3-11,16,18H,12-15,17H2,1-2H3/b11-8+. The van der Waals surface area contributed by atoms with Crippen molar-refractivity contribution in [2.75, 3.05) is 26.2 Å². The third-order valence-electron chi connectivity index (χ3n) is 5.37. The number of hydrogen-bond donors (Lipinski definition) is 0. The van der Waals surface area contributed by atoms with Crippen molar-refractivity contribution in [3.8, 4) is 0 Å². The maximum Gasteiger partial charge on any atom is 0.416 e. The second-order valence-corrected chi connectivity index (χ2v) is 7.95. The smallest absolute Gasteiger partial charge is 0.337 e. The summed E-state index contributed by atoms with van der Waals surface area (Å²) in [6.45, 7) is 7.13. The predicted molar refractivity (Wildman–Crippen MR) is 113 cm³/mol. The molecule has 0 bridgehead atoms. The predicted octanol–water partition coefficient (Wildman–Crippen LogP) is 5.19. The average molecular weight is 416 g/mol. The van der Waals surface area contributed by atoms with Crippen LogP contribution < -0.4 is 0 Å². The first kappa shape index (κ1) is 22.1. The Bertz CT molecular complexity index is 880. The van der Waals surface area contributed by atoms with Crippen molar-refractivity contribution in [1.29, 1.82) is 0 Å². The van der Waals surface area contributed by atoms with Gasteiger partial charge in [-0.2, -0.15) is 13.2 Å². The van der Waals surface area contributed by atoms with Crippen molar-refractivity contribution in [2.45, 2.75) is 32.5 Å². The van der Waals surface area contributed by atoms with Gasteiger partial charge in [0.2, 0.25) is 5.91 Å². The molecule has 0 aliphatic carbocycles. The minimum atomic E-state index is -4.33. The van der Waals surface area contributed by atoms with Crippen molar-refractivity contribution in [1.82, 2.24) is 9.80 Å². The van der Waals surface area contributed by atoms with Gasteiger partial charge in [-0.05, 0) is 34.8 Å². The van der Waals surface area contributed by atoms with Crippen LogP contribution in [0.25, 0.3) is 6.08 Å². The van der Waals surface area contributed by atoms with Crippen molar-refractivity contribution in [3.63, 3.8) is 0 Å². The maximum atomic E-state index is 12.9. The molecule has 0 saturated carbocycles. The summed E-state index contributed by atoms with van der Waals surface area (Å²) >= 11 is 0. The van der Waals surface area contributed by atoms with Gasteiger partial charge < -0.3 is 4.90 Å². The van der Waals surface area contributed by atoms with Crippen LogP contribution in [0.15, 0.2) is 54.6 Å². The summed E-state index contributed by atoms with van der Waals surface area (Å²) in [6.07, 6.45) is -0.920. The lowest BCUT2D eigenvalue weighted by Crippen LogP contribution is -2.47. The molecule has 0 atom stereocenters. The molecule has 0 N–H and O–H groups in total. The van der Waals surface area contributed by atoms with Crippen LogP contribution >= 0.6 is 0 Å². The Labute approximate surface area is 175 Å². The first-order valence-corrected chi connectivity index (χ1v) is 10.2. The van der Waals surface area contributed by atoms with Gasteiger partial charge in [-0.15, -0.1) is 0 Å². The molecule has 2 aromatic carbocycles. The number of benzene rings is 2. The number of carbonyl (C=O) groups excluding carboxylic acids is 1. The zero-order chi connectivity index (χ0) is 21.7. The summed E-state index contributed by atoms with van der Waals surface area (Å²) in [5.74, 6) is 0.429. The van der Waals surface area contributed by atoms with Crippen molar-refractivity contribution in [2.24, 2.45) is 0 Å². The van der Waals surface area contributed by atoms with E-state index in [4.69, 9.17) is 0 Å². The van der Waals surface area contributed by atoms with Crippen molar-refractivity contribution < 1.29 is 18.0 Å². The van der Waals surface area contributed by atoms with Crippen molar-refractivity contribution in [3.05, 3.63) is 76.9 Å². The van der Waals surface area contributed by atoms with E-state index in [0.29, 0.717) is 44.2 Å². The van der Waals surface area contributed by atoms with Crippen LogP contribution in [0.4, 0.5) is 13.2 Å². The SMILES string of the molecule is CC(C)c1ccc(/C=C/C(=O)N2CCN(Cc3cccc(C(F)(F)F)c3)CC2)cc1. The van der Waals surface area contributed by atoms with E-state index in [2.05, 4.69) is 30.9 Å². The summed E-state index contributed by atoms with van der Waals surface area (Å²) in [5, 5.41) is 0.